The molecule has 3 N–H and O–H groups in total. The number of benzene rings is 3. The maximum absolute atomic E-state index is 12.6. The summed E-state index contributed by atoms with van der Waals surface area (Å²) in [4.78, 5) is 47.8. The summed E-state index contributed by atoms with van der Waals surface area (Å²) in [5.41, 5.74) is 2.18. The standard InChI is InChI=1S/C25H23N3O6/c1-3-33-25(32)34-22-12-10-17(11-13-22)23(30)27-20-8-5-9-21(15-20)28-24(31)18-6-4-7-19(14-18)26-16(2)29/h4-15H,3H2,1-2H3,(H,26,29)(H,27,30)(H,28,31). The Balaban J connectivity index is 1.63. The number of rotatable bonds is 7. The number of amides is 3. The second-order valence-electron chi connectivity index (χ2n) is 7.06. The molecule has 0 unspecified atom stereocenters. The van der Waals surface area contributed by atoms with Crippen LogP contribution < -0.4 is 20.7 Å². The van der Waals surface area contributed by atoms with E-state index >= 15 is 0 Å². The van der Waals surface area contributed by atoms with Crippen LogP contribution in [0.25, 0.3) is 0 Å². The molecular formula is C25H23N3O6. The van der Waals surface area contributed by atoms with E-state index in [1.54, 1.807) is 55.5 Å². The van der Waals surface area contributed by atoms with Crippen molar-refractivity contribution in [1.82, 2.24) is 0 Å². The van der Waals surface area contributed by atoms with Crippen LogP contribution in [-0.2, 0) is 9.53 Å². The summed E-state index contributed by atoms with van der Waals surface area (Å²) in [5, 5.41) is 8.15. The molecule has 0 spiro atoms. The van der Waals surface area contributed by atoms with Gasteiger partial charge in [0.1, 0.15) is 5.75 Å². The van der Waals surface area contributed by atoms with E-state index in [1.807, 2.05) is 0 Å². The number of hydrogen-bond acceptors (Lipinski definition) is 6. The Hall–Kier alpha value is -4.66. The van der Waals surface area contributed by atoms with Gasteiger partial charge in [-0.2, -0.15) is 0 Å². The zero-order valence-corrected chi connectivity index (χ0v) is 18.6. The molecule has 0 aliphatic rings. The number of nitrogens with one attached hydrogen (secondary N) is 3. The number of hydrogen-bond donors (Lipinski definition) is 3. The second-order valence-corrected chi connectivity index (χ2v) is 7.06. The van der Waals surface area contributed by atoms with Crippen molar-refractivity contribution < 1.29 is 28.7 Å². The van der Waals surface area contributed by atoms with Crippen LogP contribution in [0.1, 0.15) is 34.6 Å². The number of ether oxygens (including phenoxy) is 2. The van der Waals surface area contributed by atoms with Crippen molar-refractivity contribution in [3.63, 3.8) is 0 Å². The topological polar surface area (TPSA) is 123 Å². The summed E-state index contributed by atoms with van der Waals surface area (Å²) in [6.45, 7) is 3.25. The molecule has 0 saturated heterocycles. The molecule has 34 heavy (non-hydrogen) atoms. The minimum Gasteiger partial charge on any atom is -0.434 e. The van der Waals surface area contributed by atoms with Gasteiger partial charge in [0.25, 0.3) is 11.8 Å². The van der Waals surface area contributed by atoms with Gasteiger partial charge in [-0.1, -0.05) is 12.1 Å². The Labute approximate surface area is 196 Å². The zero-order valence-electron chi connectivity index (χ0n) is 18.6. The van der Waals surface area contributed by atoms with Gasteiger partial charge in [-0.05, 0) is 67.6 Å². The Morgan fingerprint density at radius 3 is 1.85 bits per heavy atom. The fourth-order valence-corrected chi connectivity index (χ4v) is 2.94. The van der Waals surface area contributed by atoms with Crippen LogP contribution >= 0.6 is 0 Å². The molecule has 0 aromatic heterocycles. The smallest absolute Gasteiger partial charge is 0.434 e. The molecule has 174 valence electrons. The van der Waals surface area contributed by atoms with Crippen molar-refractivity contribution in [2.75, 3.05) is 22.6 Å². The highest BCUT2D eigenvalue weighted by molar-refractivity contribution is 6.07. The lowest BCUT2D eigenvalue weighted by molar-refractivity contribution is -0.114. The van der Waals surface area contributed by atoms with E-state index in [1.165, 1.54) is 31.2 Å². The van der Waals surface area contributed by atoms with E-state index in [2.05, 4.69) is 16.0 Å². The van der Waals surface area contributed by atoms with Gasteiger partial charge in [0, 0.05) is 35.1 Å². The number of carbonyl (C=O) groups is 4. The first kappa shape index (κ1) is 24.0. The summed E-state index contributed by atoms with van der Waals surface area (Å²) < 4.78 is 9.67. The van der Waals surface area contributed by atoms with E-state index in [9.17, 15) is 19.2 Å². The zero-order chi connectivity index (χ0) is 24.5. The number of carbonyl (C=O) groups excluding carboxylic acids is 4. The fourth-order valence-electron chi connectivity index (χ4n) is 2.94. The SMILES string of the molecule is CCOC(=O)Oc1ccc(C(=O)Nc2cccc(NC(=O)c3cccc(NC(C)=O)c3)c2)cc1. The molecule has 0 aliphatic heterocycles. The van der Waals surface area contributed by atoms with E-state index in [4.69, 9.17) is 9.47 Å². The van der Waals surface area contributed by atoms with Gasteiger partial charge in [-0.3, -0.25) is 14.4 Å². The third kappa shape index (κ3) is 6.92. The molecular weight excluding hydrogens is 438 g/mol. The van der Waals surface area contributed by atoms with Crippen molar-refractivity contribution in [3.8, 4) is 5.75 Å². The van der Waals surface area contributed by atoms with Crippen molar-refractivity contribution in [3.05, 3.63) is 83.9 Å². The van der Waals surface area contributed by atoms with E-state index in [0.717, 1.165) is 0 Å². The Morgan fingerprint density at radius 1 is 0.706 bits per heavy atom. The molecule has 0 heterocycles. The molecule has 0 radical (unpaired) electrons. The van der Waals surface area contributed by atoms with Gasteiger partial charge in [0.2, 0.25) is 5.91 Å². The van der Waals surface area contributed by atoms with Crippen LogP contribution in [0, 0.1) is 0 Å². The Morgan fingerprint density at radius 2 is 1.26 bits per heavy atom. The quantitative estimate of drug-likeness (QED) is 0.347. The molecule has 0 aliphatic carbocycles. The molecule has 0 saturated carbocycles. The largest absolute Gasteiger partial charge is 0.513 e. The lowest BCUT2D eigenvalue weighted by Crippen LogP contribution is -2.14. The molecule has 3 aromatic carbocycles. The molecule has 0 atom stereocenters. The second kappa shape index (κ2) is 11.3. The minimum atomic E-state index is -0.819. The van der Waals surface area contributed by atoms with Crippen molar-refractivity contribution >= 4 is 40.9 Å². The van der Waals surface area contributed by atoms with Crippen LogP contribution in [0.15, 0.2) is 72.8 Å². The van der Waals surface area contributed by atoms with Crippen LogP contribution in [0.4, 0.5) is 21.9 Å². The average Bonchev–Trinajstić information content (AvgIpc) is 2.79. The molecule has 9 nitrogen and oxygen atoms in total. The van der Waals surface area contributed by atoms with Gasteiger partial charge < -0.3 is 25.4 Å². The normalized spacial score (nSPS) is 10.1. The summed E-state index contributed by atoms with van der Waals surface area (Å²) in [7, 11) is 0. The summed E-state index contributed by atoms with van der Waals surface area (Å²) in [6, 6.07) is 19.2. The lowest BCUT2D eigenvalue weighted by Gasteiger charge is -2.10. The minimum absolute atomic E-state index is 0.197. The van der Waals surface area contributed by atoms with Crippen molar-refractivity contribution in [1.29, 1.82) is 0 Å². The van der Waals surface area contributed by atoms with Crippen molar-refractivity contribution in [2.24, 2.45) is 0 Å². The van der Waals surface area contributed by atoms with E-state index in [0.29, 0.717) is 28.2 Å². The first-order chi connectivity index (χ1) is 16.3. The Bertz CT molecular complexity index is 1210. The highest BCUT2D eigenvalue weighted by Gasteiger charge is 2.11. The molecule has 3 amide bonds. The third-order valence-corrected chi connectivity index (χ3v) is 4.40. The molecule has 0 fully saturated rings. The summed E-state index contributed by atoms with van der Waals surface area (Å²) in [6.07, 6.45) is -0.819. The monoisotopic (exact) mass is 461 g/mol. The maximum atomic E-state index is 12.6. The lowest BCUT2D eigenvalue weighted by atomic mass is 10.1. The van der Waals surface area contributed by atoms with Gasteiger partial charge >= 0.3 is 6.16 Å². The van der Waals surface area contributed by atoms with E-state index < -0.39 is 6.16 Å². The molecule has 3 aromatic rings. The Kier molecular flexibility index (Phi) is 7.96. The van der Waals surface area contributed by atoms with Crippen molar-refractivity contribution in [2.45, 2.75) is 13.8 Å². The van der Waals surface area contributed by atoms with Gasteiger partial charge in [0.05, 0.1) is 6.61 Å². The highest BCUT2D eigenvalue weighted by Crippen LogP contribution is 2.19. The predicted octanol–water partition coefficient (Wildman–Crippen LogP) is 4.68. The van der Waals surface area contributed by atoms with Crippen LogP contribution in [0.2, 0.25) is 0 Å². The first-order valence-electron chi connectivity index (χ1n) is 10.4. The fraction of sp³-hybridized carbons (Fsp3) is 0.120. The molecule has 9 heteroatoms. The number of anilines is 3. The van der Waals surface area contributed by atoms with Crippen LogP contribution in [-0.4, -0.2) is 30.5 Å². The van der Waals surface area contributed by atoms with Gasteiger partial charge in [-0.25, -0.2) is 4.79 Å². The third-order valence-electron chi connectivity index (χ3n) is 4.40. The summed E-state index contributed by atoms with van der Waals surface area (Å²) in [5.74, 6) is -0.730. The maximum Gasteiger partial charge on any atom is 0.513 e. The van der Waals surface area contributed by atoms with Gasteiger partial charge in [0.15, 0.2) is 0 Å². The molecule has 0 bridgehead atoms. The average molecular weight is 461 g/mol. The first-order valence-corrected chi connectivity index (χ1v) is 10.4. The molecule has 3 rings (SSSR count). The van der Waals surface area contributed by atoms with Crippen LogP contribution in [0.3, 0.4) is 0 Å². The van der Waals surface area contributed by atoms with E-state index in [-0.39, 0.29) is 30.1 Å². The van der Waals surface area contributed by atoms with Gasteiger partial charge in [-0.15, -0.1) is 0 Å². The summed E-state index contributed by atoms with van der Waals surface area (Å²) >= 11 is 0. The highest BCUT2D eigenvalue weighted by atomic mass is 16.7. The predicted molar refractivity (Wildman–Crippen MR) is 127 cm³/mol. The van der Waals surface area contributed by atoms with Crippen LogP contribution in [0.5, 0.6) is 5.75 Å².